The topological polar surface area (TPSA) is 115 Å². The number of rotatable bonds is 4. The first-order chi connectivity index (χ1) is 17.4. The van der Waals surface area contributed by atoms with Crippen molar-refractivity contribution in [2.24, 2.45) is 0 Å². The molecule has 4 aromatic rings. The number of ether oxygens (including phenoxy) is 1. The Morgan fingerprint density at radius 3 is 2.61 bits per heavy atom. The molecule has 5 rings (SSSR count). The average Bonchev–Trinajstić information content (AvgIpc) is 2.91. The fourth-order valence-corrected chi connectivity index (χ4v) is 4.34. The van der Waals surface area contributed by atoms with E-state index in [4.69, 9.17) is 10.00 Å². The SMILES string of the molecule is N#Cc1ccc(N2CCN(C(=O)c3cc(Oc4n[nH]c(=O)c5ccc(Br)cc45)ccc3F)CC2)nc1. The second kappa shape index (κ2) is 9.75. The van der Waals surface area contributed by atoms with Gasteiger partial charge in [0.1, 0.15) is 23.5 Å². The van der Waals surface area contributed by atoms with E-state index in [1.54, 1.807) is 35.2 Å². The molecule has 36 heavy (non-hydrogen) atoms. The van der Waals surface area contributed by atoms with Gasteiger partial charge in [-0.05, 0) is 48.5 Å². The smallest absolute Gasteiger partial charge is 0.272 e. The molecule has 1 aliphatic rings. The summed E-state index contributed by atoms with van der Waals surface area (Å²) >= 11 is 3.37. The lowest BCUT2D eigenvalue weighted by Crippen LogP contribution is -2.49. The number of amides is 1. The van der Waals surface area contributed by atoms with E-state index < -0.39 is 11.7 Å². The Labute approximate surface area is 212 Å². The number of aromatic amines is 1. The van der Waals surface area contributed by atoms with E-state index >= 15 is 0 Å². The second-order valence-corrected chi connectivity index (χ2v) is 9.00. The van der Waals surface area contributed by atoms with Crippen molar-refractivity contribution in [1.82, 2.24) is 20.1 Å². The van der Waals surface area contributed by atoms with Crippen molar-refractivity contribution in [3.63, 3.8) is 0 Å². The fourth-order valence-electron chi connectivity index (χ4n) is 3.98. The molecule has 1 fully saturated rings. The molecular formula is C25H18BrFN6O3. The lowest BCUT2D eigenvalue weighted by Gasteiger charge is -2.35. The molecule has 0 saturated carbocycles. The summed E-state index contributed by atoms with van der Waals surface area (Å²) in [7, 11) is 0. The number of piperazine rings is 1. The minimum atomic E-state index is -0.662. The van der Waals surface area contributed by atoms with Crippen molar-refractivity contribution in [2.45, 2.75) is 0 Å². The number of aromatic nitrogens is 3. The number of hydrogen-bond donors (Lipinski definition) is 1. The van der Waals surface area contributed by atoms with Crippen molar-refractivity contribution < 1.29 is 13.9 Å². The molecule has 0 aliphatic carbocycles. The maximum Gasteiger partial charge on any atom is 0.272 e. The minimum Gasteiger partial charge on any atom is -0.437 e. The van der Waals surface area contributed by atoms with Crippen LogP contribution in [0, 0.1) is 17.1 Å². The van der Waals surface area contributed by atoms with E-state index in [1.807, 2.05) is 11.0 Å². The minimum absolute atomic E-state index is 0.118. The van der Waals surface area contributed by atoms with Crippen LogP contribution in [0.3, 0.4) is 0 Å². The second-order valence-electron chi connectivity index (χ2n) is 8.09. The predicted octanol–water partition coefficient (Wildman–Crippen LogP) is 3.85. The Bertz CT molecular complexity index is 1560. The van der Waals surface area contributed by atoms with Crippen molar-refractivity contribution in [2.75, 3.05) is 31.1 Å². The first-order valence-electron chi connectivity index (χ1n) is 11.0. The quantitative estimate of drug-likeness (QED) is 0.411. The molecule has 11 heteroatoms. The summed E-state index contributed by atoms with van der Waals surface area (Å²) in [5, 5.41) is 16.1. The number of benzene rings is 2. The number of carbonyl (C=O) groups excluding carboxylic acids is 1. The fraction of sp³-hybridized carbons (Fsp3) is 0.160. The molecule has 3 heterocycles. The van der Waals surface area contributed by atoms with Crippen LogP contribution in [0.25, 0.3) is 10.8 Å². The number of hydrogen-bond acceptors (Lipinski definition) is 7. The van der Waals surface area contributed by atoms with Crippen LogP contribution in [0.15, 0.2) is 64.0 Å². The molecule has 0 unspecified atom stereocenters. The highest BCUT2D eigenvalue weighted by molar-refractivity contribution is 9.10. The van der Waals surface area contributed by atoms with Gasteiger partial charge in [-0.3, -0.25) is 9.59 Å². The summed E-state index contributed by atoms with van der Waals surface area (Å²) < 4.78 is 21.3. The van der Waals surface area contributed by atoms with Gasteiger partial charge in [-0.25, -0.2) is 14.5 Å². The highest BCUT2D eigenvalue weighted by atomic mass is 79.9. The number of halogens is 2. The number of pyridine rings is 1. The lowest BCUT2D eigenvalue weighted by molar-refractivity contribution is 0.0741. The van der Waals surface area contributed by atoms with Crippen molar-refractivity contribution in [1.29, 1.82) is 5.26 Å². The summed E-state index contributed by atoms with van der Waals surface area (Å²) in [4.78, 5) is 33.1. The molecule has 0 bridgehead atoms. The van der Waals surface area contributed by atoms with Gasteiger partial charge in [-0.2, -0.15) is 5.26 Å². The van der Waals surface area contributed by atoms with Crippen LogP contribution in [0.5, 0.6) is 11.6 Å². The zero-order valence-corrected chi connectivity index (χ0v) is 20.3. The normalized spacial score (nSPS) is 13.5. The van der Waals surface area contributed by atoms with Gasteiger partial charge in [0.15, 0.2) is 0 Å². The van der Waals surface area contributed by atoms with Gasteiger partial charge in [0, 0.05) is 36.8 Å². The lowest BCUT2D eigenvalue weighted by atomic mass is 10.1. The number of nitrogens with zero attached hydrogens (tertiary/aromatic N) is 5. The van der Waals surface area contributed by atoms with Crippen LogP contribution in [0.4, 0.5) is 10.2 Å². The van der Waals surface area contributed by atoms with Crippen LogP contribution in [0.1, 0.15) is 15.9 Å². The maximum absolute atomic E-state index is 14.7. The van der Waals surface area contributed by atoms with Crippen LogP contribution >= 0.6 is 15.9 Å². The standard InChI is InChI=1S/C25H18BrFN6O3/c26-16-2-4-18-19(11-16)24(31-30-23(18)34)36-17-3-5-21(27)20(12-17)25(35)33-9-7-32(8-10-33)22-6-1-15(13-28)14-29-22/h1-6,11-12,14H,7-10H2,(H,30,34). The van der Waals surface area contributed by atoms with Gasteiger partial charge in [-0.15, -0.1) is 5.10 Å². The van der Waals surface area contributed by atoms with Gasteiger partial charge < -0.3 is 14.5 Å². The van der Waals surface area contributed by atoms with Gasteiger partial charge in [0.25, 0.3) is 11.5 Å². The third-order valence-corrected chi connectivity index (χ3v) is 6.36. The van der Waals surface area contributed by atoms with E-state index in [-0.39, 0.29) is 22.8 Å². The highest BCUT2D eigenvalue weighted by Gasteiger charge is 2.25. The number of anilines is 1. The van der Waals surface area contributed by atoms with Crippen LogP contribution in [0.2, 0.25) is 0 Å². The molecule has 180 valence electrons. The van der Waals surface area contributed by atoms with Crippen molar-refractivity contribution >= 4 is 38.4 Å². The molecule has 0 radical (unpaired) electrons. The predicted molar refractivity (Wildman–Crippen MR) is 134 cm³/mol. The molecule has 2 aromatic carbocycles. The zero-order chi connectivity index (χ0) is 25.2. The molecule has 1 saturated heterocycles. The molecule has 1 amide bonds. The monoisotopic (exact) mass is 548 g/mol. The Balaban J connectivity index is 1.33. The number of fused-ring (bicyclic) bond motifs is 1. The number of H-pyrrole nitrogens is 1. The third-order valence-electron chi connectivity index (χ3n) is 5.87. The third kappa shape index (κ3) is 4.63. The highest BCUT2D eigenvalue weighted by Crippen LogP contribution is 2.29. The zero-order valence-electron chi connectivity index (χ0n) is 18.7. The Hall–Kier alpha value is -4.30. The van der Waals surface area contributed by atoms with E-state index in [9.17, 15) is 14.0 Å². The number of nitrogens with one attached hydrogen (secondary N) is 1. The Morgan fingerprint density at radius 1 is 1.08 bits per heavy atom. The summed E-state index contributed by atoms with van der Waals surface area (Å²) in [5.41, 5.74) is -0.00892. The van der Waals surface area contributed by atoms with Gasteiger partial charge in [-0.1, -0.05) is 15.9 Å². The van der Waals surface area contributed by atoms with E-state index in [0.717, 1.165) is 10.3 Å². The largest absolute Gasteiger partial charge is 0.437 e. The van der Waals surface area contributed by atoms with Crippen molar-refractivity contribution in [3.8, 4) is 17.7 Å². The maximum atomic E-state index is 14.7. The van der Waals surface area contributed by atoms with Gasteiger partial charge in [0.05, 0.1) is 21.9 Å². The van der Waals surface area contributed by atoms with E-state index in [2.05, 4.69) is 31.1 Å². The number of nitriles is 1. The van der Waals surface area contributed by atoms with Gasteiger partial charge >= 0.3 is 0 Å². The molecule has 1 aliphatic heterocycles. The molecule has 9 nitrogen and oxygen atoms in total. The summed E-state index contributed by atoms with van der Waals surface area (Å²) in [6.07, 6.45) is 1.51. The van der Waals surface area contributed by atoms with Crippen LogP contribution in [-0.4, -0.2) is 52.2 Å². The van der Waals surface area contributed by atoms with E-state index in [1.165, 1.54) is 24.4 Å². The first-order valence-corrected chi connectivity index (χ1v) is 11.8. The summed E-state index contributed by atoms with van der Waals surface area (Å²) in [5.74, 6) is -0.0617. The molecule has 0 spiro atoms. The van der Waals surface area contributed by atoms with E-state index in [0.29, 0.717) is 42.5 Å². The Morgan fingerprint density at radius 2 is 1.89 bits per heavy atom. The molecule has 2 aromatic heterocycles. The summed E-state index contributed by atoms with van der Waals surface area (Å²) in [6, 6.07) is 14.5. The summed E-state index contributed by atoms with van der Waals surface area (Å²) in [6.45, 7) is 1.80. The average molecular weight is 549 g/mol. The van der Waals surface area contributed by atoms with Crippen LogP contribution in [-0.2, 0) is 0 Å². The van der Waals surface area contributed by atoms with Crippen LogP contribution < -0.4 is 15.2 Å². The van der Waals surface area contributed by atoms with Gasteiger partial charge in [0.2, 0.25) is 5.88 Å². The molecule has 0 atom stereocenters. The Kier molecular flexibility index (Phi) is 6.35. The first kappa shape index (κ1) is 23.4. The number of carbonyl (C=O) groups is 1. The molecule has 1 N–H and O–H groups in total. The molecular weight excluding hydrogens is 531 g/mol. The van der Waals surface area contributed by atoms with Crippen molar-refractivity contribution in [3.05, 3.63) is 86.5 Å².